The molecule has 4 nitrogen and oxygen atoms in total. The maximum Gasteiger partial charge on any atom is 0.223 e. The van der Waals surface area contributed by atoms with Crippen LogP contribution in [0, 0.1) is 5.82 Å². The van der Waals surface area contributed by atoms with Gasteiger partial charge in [-0.15, -0.1) is 0 Å². The molecule has 2 aliphatic rings. The summed E-state index contributed by atoms with van der Waals surface area (Å²) in [5.41, 5.74) is 1.16. The second-order valence-electron chi connectivity index (χ2n) is 7.23. The van der Waals surface area contributed by atoms with Gasteiger partial charge in [0.2, 0.25) is 5.91 Å². The Morgan fingerprint density at radius 1 is 1.12 bits per heavy atom. The van der Waals surface area contributed by atoms with Crippen molar-refractivity contribution in [2.75, 3.05) is 39.3 Å². The molecule has 0 spiro atoms. The van der Waals surface area contributed by atoms with E-state index in [0.717, 1.165) is 51.3 Å². The van der Waals surface area contributed by atoms with Crippen molar-refractivity contribution in [3.05, 3.63) is 35.6 Å². The maximum atomic E-state index is 13.1. The third-order valence-electron chi connectivity index (χ3n) is 5.52. The van der Waals surface area contributed by atoms with Gasteiger partial charge in [-0.25, -0.2) is 4.39 Å². The Balaban J connectivity index is 1.51. The Labute approximate surface area is 150 Å². The largest absolute Gasteiger partial charge is 0.340 e. The van der Waals surface area contributed by atoms with Crippen LogP contribution in [0.25, 0.3) is 0 Å². The van der Waals surface area contributed by atoms with Crippen LogP contribution in [-0.4, -0.2) is 61.0 Å². The smallest absolute Gasteiger partial charge is 0.223 e. The van der Waals surface area contributed by atoms with E-state index in [0.29, 0.717) is 12.5 Å². The van der Waals surface area contributed by atoms with Gasteiger partial charge in [0, 0.05) is 51.7 Å². The maximum absolute atomic E-state index is 13.1. The first-order valence-corrected chi connectivity index (χ1v) is 9.69. The van der Waals surface area contributed by atoms with Crippen molar-refractivity contribution in [1.29, 1.82) is 0 Å². The number of carbonyl (C=O) groups is 1. The van der Waals surface area contributed by atoms with Gasteiger partial charge in [0.25, 0.3) is 0 Å². The molecule has 25 heavy (non-hydrogen) atoms. The highest BCUT2D eigenvalue weighted by Gasteiger charge is 2.24. The van der Waals surface area contributed by atoms with E-state index in [1.807, 2.05) is 17.0 Å². The SMILES string of the molecule is O=C(CCN(CCc1ccc(F)cc1)C1CCCC1)N1CCNCC1. The molecule has 1 amide bonds. The molecule has 1 heterocycles. The molecule has 0 unspecified atom stereocenters. The highest BCUT2D eigenvalue weighted by Crippen LogP contribution is 2.24. The molecule has 1 aromatic carbocycles. The summed E-state index contributed by atoms with van der Waals surface area (Å²) in [6.07, 6.45) is 6.60. The molecule has 1 saturated heterocycles. The van der Waals surface area contributed by atoms with Gasteiger partial charge in [-0.3, -0.25) is 9.69 Å². The zero-order chi connectivity index (χ0) is 17.5. The molecular formula is C20H30FN3O. The molecule has 0 atom stereocenters. The average Bonchev–Trinajstić information content (AvgIpc) is 3.18. The molecule has 1 aromatic rings. The number of nitrogens with zero attached hydrogens (tertiary/aromatic N) is 2. The predicted octanol–water partition coefficient (Wildman–Crippen LogP) is 2.43. The minimum Gasteiger partial charge on any atom is -0.340 e. The Kier molecular flexibility index (Phi) is 6.82. The first-order chi connectivity index (χ1) is 12.2. The molecule has 3 rings (SSSR count). The number of nitrogens with one attached hydrogen (secondary N) is 1. The summed E-state index contributed by atoms with van der Waals surface area (Å²) in [7, 11) is 0. The highest BCUT2D eigenvalue weighted by atomic mass is 19.1. The van der Waals surface area contributed by atoms with Crippen LogP contribution < -0.4 is 5.32 Å². The van der Waals surface area contributed by atoms with E-state index < -0.39 is 0 Å². The van der Waals surface area contributed by atoms with Gasteiger partial charge in [-0.2, -0.15) is 0 Å². The Morgan fingerprint density at radius 3 is 2.48 bits per heavy atom. The quantitative estimate of drug-likeness (QED) is 0.823. The number of piperazine rings is 1. The van der Waals surface area contributed by atoms with E-state index >= 15 is 0 Å². The third-order valence-corrected chi connectivity index (χ3v) is 5.52. The van der Waals surface area contributed by atoms with Crippen molar-refractivity contribution >= 4 is 5.91 Å². The van der Waals surface area contributed by atoms with Gasteiger partial charge in [0.1, 0.15) is 5.82 Å². The lowest BCUT2D eigenvalue weighted by molar-refractivity contribution is -0.132. The van der Waals surface area contributed by atoms with E-state index in [-0.39, 0.29) is 11.7 Å². The monoisotopic (exact) mass is 347 g/mol. The summed E-state index contributed by atoms with van der Waals surface area (Å²) >= 11 is 0. The molecule has 5 heteroatoms. The van der Waals surface area contributed by atoms with Gasteiger partial charge in [0.05, 0.1) is 0 Å². The van der Waals surface area contributed by atoms with E-state index in [4.69, 9.17) is 0 Å². The first kappa shape index (κ1) is 18.3. The van der Waals surface area contributed by atoms with Crippen LogP contribution in [-0.2, 0) is 11.2 Å². The molecule has 0 radical (unpaired) electrons. The average molecular weight is 347 g/mol. The first-order valence-electron chi connectivity index (χ1n) is 9.69. The fourth-order valence-electron chi connectivity index (χ4n) is 3.98. The highest BCUT2D eigenvalue weighted by molar-refractivity contribution is 5.76. The fourth-order valence-corrected chi connectivity index (χ4v) is 3.98. The Bertz CT molecular complexity index is 536. The topological polar surface area (TPSA) is 35.6 Å². The molecule has 1 saturated carbocycles. The summed E-state index contributed by atoms with van der Waals surface area (Å²) in [5.74, 6) is 0.101. The summed E-state index contributed by atoms with van der Waals surface area (Å²) < 4.78 is 13.1. The van der Waals surface area contributed by atoms with Crippen molar-refractivity contribution in [3.63, 3.8) is 0 Å². The number of rotatable bonds is 7. The van der Waals surface area contributed by atoms with Gasteiger partial charge in [-0.05, 0) is 37.0 Å². The van der Waals surface area contributed by atoms with Crippen LogP contribution in [0.15, 0.2) is 24.3 Å². The normalized spacial score (nSPS) is 18.9. The zero-order valence-electron chi connectivity index (χ0n) is 15.1. The Hall–Kier alpha value is -1.46. The molecule has 0 bridgehead atoms. The van der Waals surface area contributed by atoms with Gasteiger partial charge < -0.3 is 10.2 Å². The number of hydrogen-bond donors (Lipinski definition) is 1. The number of halogens is 1. The van der Waals surface area contributed by atoms with Crippen LogP contribution in [0.2, 0.25) is 0 Å². The number of amides is 1. The molecular weight excluding hydrogens is 317 g/mol. The predicted molar refractivity (Wildman–Crippen MR) is 98.0 cm³/mol. The lowest BCUT2D eigenvalue weighted by atomic mass is 10.1. The van der Waals surface area contributed by atoms with Gasteiger partial charge >= 0.3 is 0 Å². The van der Waals surface area contributed by atoms with E-state index in [1.54, 1.807) is 0 Å². The summed E-state index contributed by atoms with van der Waals surface area (Å²) in [5, 5.41) is 3.29. The number of benzene rings is 1. The van der Waals surface area contributed by atoms with E-state index in [9.17, 15) is 9.18 Å². The van der Waals surface area contributed by atoms with Crippen molar-refractivity contribution in [2.24, 2.45) is 0 Å². The van der Waals surface area contributed by atoms with Crippen LogP contribution in [0.5, 0.6) is 0 Å². The second-order valence-corrected chi connectivity index (χ2v) is 7.23. The zero-order valence-corrected chi connectivity index (χ0v) is 15.1. The van der Waals surface area contributed by atoms with Crippen molar-refractivity contribution in [1.82, 2.24) is 15.1 Å². The van der Waals surface area contributed by atoms with Crippen molar-refractivity contribution < 1.29 is 9.18 Å². The lowest BCUT2D eigenvalue weighted by Gasteiger charge is -2.31. The van der Waals surface area contributed by atoms with Crippen LogP contribution >= 0.6 is 0 Å². The van der Waals surface area contributed by atoms with Crippen molar-refractivity contribution in [2.45, 2.75) is 44.6 Å². The summed E-state index contributed by atoms with van der Waals surface area (Å²) in [6, 6.07) is 7.41. The molecule has 1 aliphatic carbocycles. The molecule has 138 valence electrons. The van der Waals surface area contributed by atoms with Crippen molar-refractivity contribution in [3.8, 4) is 0 Å². The minimum absolute atomic E-state index is 0.182. The van der Waals surface area contributed by atoms with E-state index in [1.165, 1.54) is 37.8 Å². The standard InChI is InChI=1S/C20H30FN3O/c21-18-7-5-17(6-8-18)9-13-23(19-3-1-2-4-19)14-10-20(25)24-15-11-22-12-16-24/h5-8,19,22H,1-4,9-16H2. The molecule has 2 fully saturated rings. The fraction of sp³-hybridized carbons (Fsp3) is 0.650. The van der Waals surface area contributed by atoms with Gasteiger partial charge in [0.15, 0.2) is 0 Å². The van der Waals surface area contributed by atoms with Crippen LogP contribution in [0.4, 0.5) is 4.39 Å². The number of carbonyl (C=O) groups excluding carboxylic acids is 1. The second kappa shape index (κ2) is 9.30. The summed E-state index contributed by atoms with van der Waals surface area (Å²) in [4.78, 5) is 16.9. The molecule has 1 N–H and O–H groups in total. The lowest BCUT2D eigenvalue weighted by Crippen LogP contribution is -2.47. The van der Waals surface area contributed by atoms with Crippen LogP contribution in [0.3, 0.4) is 0 Å². The van der Waals surface area contributed by atoms with Crippen LogP contribution in [0.1, 0.15) is 37.7 Å². The molecule has 1 aliphatic heterocycles. The number of hydrogen-bond acceptors (Lipinski definition) is 3. The minimum atomic E-state index is -0.182. The Morgan fingerprint density at radius 2 is 1.80 bits per heavy atom. The van der Waals surface area contributed by atoms with E-state index in [2.05, 4.69) is 10.2 Å². The van der Waals surface area contributed by atoms with Gasteiger partial charge in [-0.1, -0.05) is 25.0 Å². The third kappa shape index (κ3) is 5.51. The summed E-state index contributed by atoms with van der Waals surface area (Å²) in [6.45, 7) is 5.26. The molecule has 0 aromatic heterocycles.